The highest BCUT2D eigenvalue weighted by Gasteiger charge is 2.44. The highest BCUT2D eigenvalue weighted by molar-refractivity contribution is 6.39. The van der Waals surface area contributed by atoms with Crippen LogP contribution < -0.4 is 4.90 Å². The van der Waals surface area contributed by atoms with Crippen LogP contribution in [-0.2, 0) is 11.3 Å². The first kappa shape index (κ1) is 25.6. The Morgan fingerprint density at radius 2 is 1.70 bits per heavy atom. The van der Waals surface area contributed by atoms with Crippen LogP contribution >= 0.6 is 23.2 Å². The van der Waals surface area contributed by atoms with Gasteiger partial charge in [-0.2, -0.15) is 0 Å². The molecule has 4 heterocycles. The molecule has 0 spiro atoms. The number of carboxylic acids is 1. The molecule has 0 amide bonds. The molecule has 2 aliphatic heterocycles. The summed E-state index contributed by atoms with van der Waals surface area (Å²) in [7, 11) is 0. The van der Waals surface area contributed by atoms with Crippen molar-refractivity contribution in [1.82, 2.24) is 15.4 Å². The summed E-state index contributed by atoms with van der Waals surface area (Å²) in [6.45, 7) is 0.382. The van der Waals surface area contributed by atoms with E-state index in [2.05, 4.69) is 20.3 Å². The van der Waals surface area contributed by atoms with E-state index in [1.165, 1.54) is 12.1 Å². The standard InChI is InChI=1S/C29H26Cl2N4O5/c30-22-2-1-3-23(31)24(22)25-21(26(40-34-25)15-4-5-15)14-38-20-12-18-10-11-19(13-20)35(18)29-33-32-27(39-29)16-6-8-17(9-7-16)28(36)37/h1-3,6-9,15,18-20H,4-5,10-14H2,(H,36,37). The highest BCUT2D eigenvalue weighted by atomic mass is 35.5. The SMILES string of the molecule is O=C(O)c1ccc(-c2nnc(N3C4CCC3CC(OCc3c(-c5c(Cl)cccc5Cl)noc3C3CC3)C4)o2)cc1. The molecule has 11 heteroatoms. The lowest BCUT2D eigenvalue weighted by molar-refractivity contribution is 0.0139. The Hall–Kier alpha value is -3.40. The number of fused-ring (bicyclic) bond motifs is 2. The second-order valence-corrected chi connectivity index (χ2v) is 11.5. The molecule has 1 saturated carbocycles. The summed E-state index contributed by atoms with van der Waals surface area (Å²) in [4.78, 5) is 13.4. The fourth-order valence-corrected chi connectivity index (χ4v) is 6.59. The number of carboxylic acid groups (broad SMARTS) is 1. The zero-order valence-corrected chi connectivity index (χ0v) is 22.9. The summed E-state index contributed by atoms with van der Waals surface area (Å²) in [6.07, 6.45) is 5.96. The third-order valence-corrected chi connectivity index (χ3v) is 8.76. The Bertz CT molecular complexity index is 1530. The van der Waals surface area contributed by atoms with Crippen LogP contribution in [0.5, 0.6) is 0 Å². The average molecular weight is 581 g/mol. The van der Waals surface area contributed by atoms with Gasteiger partial charge in [0.15, 0.2) is 0 Å². The molecule has 4 aromatic rings. The van der Waals surface area contributed by atoms with Crippen molar-refractivity contribution in [2.75, 3.05) is 4.90 Å². The highest BCUT2D eigenvalue weighted by Crippen LogP contribution is 2.47. The van der Waals surface area contributed by atoms with Crippen LogP contribution in [0, 0.1) is 0 Å². The van der Waals surface area contributed by atoms with Crippen molar-refractivity contribution in [1.29, 1.82) is 0 Å². The van der Waals surface area contributed by atoms with Gasteiger partial charge in [0.25, 0.3) is 0 Å². The van der Waals surface area contributed by atoms with Gasteiger partial charge in [-0.25, -0.2) is 4.79 Å². The maximum atomic E-state index is 11.1. The molecule has 9 nitrogen and oxygen atoms in total. The molecule has 2 unspecified atom stereocenters. The van der Waals surface area contributed by atoms with Crippen LogP contribution in [0.15, 0.2) is 51.4 Å². The molecule has 40 heavy (non-hydrogen) atoms. The summed E-state index contributed by atoms with van der Waals surface area (Å²) in [5, 5.41) is 23.2. The summed E-state index contributed by atoms with van der Waals surface area (Å²) in [5.41, 5.74) is 3.17. The zero-order chi connectivity index (χ0) is 27.4. The smallest absolute Gasteiger partial charge is 0.335 e. The molecule has 2 bridgehead atoms. The van der Waals surface area contributed by atoms with Crippen molar-refractivity contribution in [3.05, 3.63) is 69.4 Å². The molecule has 3 aliphatic rings. The molecule has 2 saturated heterocycles. The number of ether oxygens (including phenoxy) is 1. The molecule has 3 fully saturated rings. The van der Waals surface area contributed by atoms with E-state index in [1.54, 1.807) is 24.3 Å². The lowest BCUT2D eigenvalue weighted by Gasteiger charge is -2.37. The van der Waals surface area contributed by atoms with Crippen LogP contribution in [-0.4, -0.2) is 44.6 Å². The van der Waals surface area contributed by atoms with Gasteiger partial charge >= 0.3 is 12.0 Å². The largest absolute Gasteiger partial charge is 0.478 e. The third kappa shape index (κ3) is 4.66. The van der Waals surface area contributed by atoms with Gasteiger partial charge in [-0.05, 0) is 74.9 Å². The van der Waals surface area contributed by atoms with E-state index < -0.39 is 5.97 Å². The number of nitrogens with zero attached hydrogens (tertiary/aromatic N) is 4. The van der Waals surface area contributed by atoms with Crippen molar-refractivity contribution in [3.8, 4) is 22.7 Å². The first-order chi connectivity index (χ1) is 19.5. The Kier molecular flexibility index (Phi) is 6.53. The summed E-state index contributed by atoms with van der Waals surface area (Å²) in [6, 6.07) is 12.8. The quantitative estimate of drug-likeness (QED) is 0.235. The van der Waals surface area contributed by atoms with E-state index in [9.17, 15) is 4.79 Å². The third-order valence-electron chi connectivity index (χ3n) is 8.13. The second-order valence-electron chi connectivity index (χ2n) is 10.7. The topological polar surface area (TPSA) is 115 Å². The molecule has 1 aliphatic carbocycles. The monoisotopic (exact) mass is 580 g/mol. The maximum absolute atomic E-state index is 11.1. The van der Waals surface area contributed by atoms with Crippen molar-refractivity contribution < 1.29 is 23.6 Å². The Labute approximate surface area is 240 Å². The van der Waals surface area contributed by atoms with Gasteiger partial charge in [-0.15, -0.1) is 5.10 Å². The van der Waals surface area contributed by atoms with E-state index >= 15 is 0 Å². The number of halogens is 2. The van der Waals surface area contributed by atoms with Crippen LogP contribution in [0.3, 0.4) is 0 Å². The van der Waals surface area contributed by atoms with Crippen LogP contribution in [0.25, 0.3) is 22.7 Å². The second kappa shape index (κ2) is 10.2. The van der Waals surface area contributed by atoms with Crippen molar-refractivity contribution in [2.24, 2.45) is 0 Å². The molecule has 2 aromatic heterocycles. The molecule has 7 rings (SSSR count). The predicted molar refractivity (Wildman–Crippen MR) is 148 cm³/mol. The number of rotatable bonds is 8. The van der Waals surface area contributed by atoms with Crippen molar-refractivity contribution in [2.45, 2.75) is 69.2 Å². The van der Waals surface area contributed by atoms with Gasteiger partial charge in [0.1, 0.15) is 11.5 Å². The number of aromatic carboxylic acids is 1. The van der Waals surface area contributed by atoms with Crippen molar-refractivity contribution >= 4 is 35.2 Å². The van der Waals surface area contributed by atoms with Crippen LogP contribution in [0.4, 0.5) is 6.01 Å². The average Bonchev–Trinajstić information content (AvgIpc) is 3.42. The summed E-state index contributed by atoms with van der Waals surface area (Å²) >= 11 is 13.0. The molecule has 1 N–H and O–H groups in total. The molecular formula is C29H26Cl2N4O5. The van der Waals surface area contributed by atoms with Crippen LogP contribution in [0.2, 0.25) is 10.0 Å². The van der Waals surface area contributed by atoms with Crippen molar-refractivity contribution in [3.63, 3.8) is 0 Å². The van der Waals surface area contributed by atoms with Gasteiger partial charge in [0, 0.05) is 34.7 Å². The maximum Gasteiger partial charge on any atom is 0.335 e. The van der Waals surface area contributed by atoms with E-state index in [0.717, 1.165) is 49.8 Å². The Morgan fingerprint density at radius 1 is 1.00 bits per heavy atom. The predicted octanol–water partition coefficient (Wildman–Crippen LogP) is 6.99. The van der Waals surface area contributed by atoms with E-state index in [4.69, 9.17) is 42.0 Å². The van der Waals surface area contributed by atoms with Gasteiger partial charge < -0.3 is 23.7 Å². The zero-order valence-electron chi connectivity index (χ0n) is 21.4. The van der Waals surface area contributed by atoms with Gasteiger partial charge in [-0.3, -0.25) is 0 Å². The van der Waals surface area contributed by atoms with Crippen LogP contribution in [0.1, 0.15) is 66.1 Å². The minimum atomic E-state index is -0.976. The Morgan fingerprint density at radius 3 is 2.35 bits per heavy atom. The number of benzene rings is 2. The lowest BCUT2D eigenvalue weighted by atomic mass is 10.00. The summed E-state index contributed by atoms with van der Waals surface area (Å²) in [5.74, 6) is 0.638. The molecule has 0 radical (unpaired) electrons. The molecule has 206 valence electrons. The van der Waals surface area contributed by atoms with E-state index in [0.29, 0.717) is 51.3 Å². The lowest BCUT2D eigenvalue weighted by Crippen LogP contribution is -2.45. The summed E-state index contributed by atoms with van der Waals surface area (Å²) < 4.78 is 18.4. The number of aromatic nitrogens is 3. The van der Waals surface area contributed by atoms with Gasteiger partial charge in [0.05, 0.1) is 28.3 Å². The van der Waals surface area contributed by atoms with Gasteiger partial charge in [-0.1, -0.05) is 39.5 Å². The first-order valence-electron chi connectivity index (χ1n) is 13.5. The number of hydrogen-bond acceptors (Lipinski definition) is 8. The van der Waals surface area contributed by atoms with E-state index in [1.807, 2.05) is 6.07 Å². The number of carbonyl (C=O) groups is 1. The minimum absolute atomic E-state index is 0.0659. The Balaban J connectivity index is 1.06. The first-order valence-corrected chi connectivity index (χ1v) is 14.2. The van der Waals surface area contributed by atoms with Gasteiger partial charge in [0.2, 0.25) is 5.89 Å². The fourth-order valence-electron chi connectivity index (χ4n) is 6.02. The molecule has 2 aromatic carbocycles. The number of hydrogen-bond donors (Lipinski definition) is 1. The fraction of sp³-hybridized carbons (Fsp3) is 0.379. The molecule has 2 atom stereocenters. The van der Waals surface area contributed by atoms with E-state index in [-0.39, 0.29) is 23.8 Å². The normalized spacial score (nSPS) is 22.1. The minimum Gasteiger partial charge on any atom is -0.478 e. The number of anilines is 1. The molecular weight excluding hydrogens is 555 g/mol. The number of piperidine rings is 1.